The Morgan fingerprint density at radius 3 is 1.51 bits per heavy atom. The second-order valence-corrected chi connectivity index (χ2v) is 16.1. The quantitative estimate of drug-likeness (QED) is 0.130. The van der Waals surface area contributed by atoms with Gasteiger partial charge in [0.05, 0.1) is 41.7 Å². The summed E-state index contributed by atoms with van der Waals surface area (Å²) < 4.78 is 0. The molecule has 1 aliphatic heterocycles. The maximum absolute atomic E-state index is 10.3. The van der Waals surface area contributed by atoms with E-state index in [9.17, 15) is 10.5 Å². The molecule has 306 valence electrons. The Morgan fingerprint density at radius 1 is 0.571 bits per heavy atom. The van der Waals surface area contributed by atoms with Crippen LogP contribution in [0, 0.1) is 22.7 Å². The van der Waals surface area contributed by atoms with Crippen LogP contribution in [0.1, 0.15) is 31.4 Å². The van der Waals surface area contributed by atoms with Crippen molar-refractivity contribution in [3.63, 3.8) is 0 Å². The van der Waals surface area contributed by atoms with E-state index in [-0.39, 0.29) is 12.5 Å². The molecule has 0 radical (unpaired) electrons. The number of fused-ring (bicyclic) bond motifs is 2. The van der Waals surface area contributed by atoms with Gasteiger partial charge < -0.3 is 19.6 Å². The van der Waals surface area contributed by atoms with Crippen LogP contribution in [0.3, 0.4) is 0 Å². The summed E-state index contributed by atoms with van der Waals surface area (Å²) in [4.78, 5) is 8.93. The molecule has 0 aromatic heterocycles. The van der Waals surface area contributed by atoms with Gasteiger partial charge in [-0.2, -0.15) is 10.5 Å². The third-order valence-corrected chi connectivity index (χ3v) is 12.4. The lowest BCUT2D eigenvalue weighted by Gasteiger charge is -2.32. The molecule has 0 aliphatic carbocycles. The second-order valence-electron chi connectivity index (χ2n) is 16.1. The predicted molar refractivity (Wildman–Crippen MR) is 261 cm³/mol. The average molecular weight is 817 g/mol. The molecule has 6 heteroatoms. The number of benzene rings is 8. The van der Waals surface area contributed by atoms with E-state index in [1.807, 2.05) is 26.1 Å². The van der Waals surface area contributed by atoms with Gasteiger partial charge in [-0.1, -0.05) is 133 Å². The molecule has 8 aromatic rings. The number of anilines is 6. The third-order valence-electron chi connectivity index (χ3n) is 12.4. The number of hydrogen-bond donors (Lipinski definition) is 0. The van der Waals surface area contributed by atoms with Crippen LogP contribution in [-0.4, -0.2) is 36.0 Å². The van der Waals surface area contributed by atoms with Crippen molar-refractivity contribution in [1.29, 1.82) is 10.5 Å². The SMILES string of the molecule is CC1=C(c2ccc(N(c3ccccc3)c3cccc4ccccc34)cc2)N(C)C(CC#N)/C1=C(\c1ccc(N(c2ccccc2)c2cccc3ccccc23)cc1)N(C)C(C)C#N. The number of nitriles is 2. The van der Waals surface area contributed by atoms with Crippen LogP contribution in [0.15, 0.2) is 205 Å². The first kappa shape index (κ1) is 40.4. The van der Waals surface area contributed by atoms with Gasteiger partial charge in [-0.15, -0.1) is 0 Å². The first-order chi connectivity index (χ1) is 30.9. The van der Waals surface area contributed by atoms with Gasteiger partial charge in [0, 0.05) is 58.9 Å². The standard InChI is InChI=1S/C57H48N6/c1-40(39-59)60(3)57(45-31-35-49(36-32-45)63(47-23-9-6-10-24-47)53-28-16-20-43-18-12-14-26-51(43)53)55-41(2)56(61(4)54(55)37-38-58)44-29-33-48(34-30-44)62(46-21-7-5-8-22-46)52-27-15-19-42-17-11-13-25-50(42)52/h5-36,40,54H,37H2,1-4H3/b57-55+. The maximum atomic E-state index is 10.3. The van der Waals surface area contributed by atoms with Crippen LogP contribution in [0.4, 0.5) is 34.1 Å². The van der Waals surface area contributed by atoms with Gasteiger partial charge in [0.25, 0.3) is 0 Å². The molecule has 63 heavy (non-hydrogen) atoms. The van der Waals surface area contributed by atoms with Crippen molar-refractivity contribution >= 4 is 67.1 Å². The molecule has 0 spiro atoms. The second kappa shape index (κ2) is 17.5. The smallest absolute Gasteiger partial charge is 0.113 e. The molecule has 6 nitrogen and oxygen atoms in total. The van der Waals surface area contributed by atoms with Crippen LogP contribution < -0.4 is 9.80 Å². The minimum absolute atomic E-state index is 0.235. The van der Waals surface area contributed by atoms with E-state index in [4.69, 9.17) is 0 Å². The Morgan fingerprint density at radius 2 is 1.02 bits per heavy atom. The molecule has 0 N–H and O–H groups in total. The Balaban J connectivity index is 1.16. The fourth-order valence-corrected chi connectivity index (χ4v) is 9.25. The van der Waals surface area contributed by atoms with Crippen LogP contribution in [0.2, 0.25) is 0 Å². The van der Waals surface area contributed by atoms with Crippen LogP contribution in [0.25, 0.3) is 32.9 Å². The zero-order valence-corrected chi connectivity index (χ0v) is 36.0. The van der Waals surface area contributed by atoms with Gasteiger partial charge in [0.1, 0.15) is 6.04 Å². The number of likely N-dealkylation sites (N-methyl/N-ethyl adjacent to an activating group) is 1. The minimum Gasteiger partial charge on any atom is -0.366 e. The summed E-state index contributed by atoms with van der Waals surface area (Å²) in [7, 11) is 4.08. The summed E-state index contributed by atoms with van der Waals surface area (Å²) in [5, 5.41) is 25.3. The van der Waals surface area contributed by atoms with E-state index in [0.29, 0.717) is 0 Å². The summed E-state index contributed by atoms with van der Waals surface area (Å²) in [6, 6.07) is 72.6. The lowest BCUT2D eigenvalue weighted by Crippen LogP contribution is -2.32. The van der Waals surface area contributed by atoms with Crippen LogP contribution in [-0.2, 0) is 0 Å². The van der Waals surface area contributed by atoms with E-state index >= 15 is 0 Å². The molecule has 1 heterocycles. The highest BCUT2D eigenvalue weighted by Gasteiger charge is 2.37. The summed E-state index contributed by atoms with van der Waals surface area (Å²) >= 11 is 0. The van der Waals surface area contributed by atoms with Crippen molar-refractivity contribution in [3.8, 4) is 12.1 Å². The van der Waals surface area contributed by atoms with Gasteiger partial charge in [-0.25, -0.2) is 0 Å². The largest absolute Gasteiger partial charge is 0.366 e. The van der Waals surface area contributed by atoms with Gasteiger partial charge >= 0.3 is 0 Å². The lowest BCUT2D eigenvalue weighted by atomic mass is 9.93. The maximum Gasteiger partial charge on any atom is 0.113 e. The van der Waals surface area contributed by atoms with E-state index in [1.54, 1.807) is 0 Å². The molecule has 9 rings (SSSR count). The number of para-hydroxylation sites is 2. The van der Waals surface area contributed by atoms with Crippen LogP contribution in [0.5, 0.6) is 0 Å². The number of rotatable bonds is 11. The van der Waals surface area contributed by atoms with Crippen molar-refractivity contribution in [2.24, 2.45) is 0 Å². The Kier molecular flexibility index (Phi) is 11.2. The predicted octanol–water partition coefficient (Wildman–Crippen LogP) is 14.1. The topological polar surface area (TPSA) is 60.5 Å². The van der Waals surface area contributed by atoms with Gasteiger partial charge in [0.2, 0.25) is 0 Å². The van der Waals surface area contributed by atoms with Gasteiger partial charge in [0.15, 0.2) is 0 Å². The van der Waals surface area contributed by atoms with Crippen molar-refractivity contribution in [3.05, 3.63) is 216 Å². The molecule has 1 aliphatic rings. The van der Waals surface area contributed by atoms with Crippen molar-refractivity contribution < 1.29 is 0 Å². The summed E-state index contributed by atoms with van der Waals surface area (Å²) in [5.74, 6) is 0. The van der Waals surface area contributed by atoms with Crippen molar-refractivity contribution in [2.75, 3.05) is 23.9 Å². The molecule has 0 fully saturated rings. The molecule has 0 saturated heterocycles. The fourth-order valence-electron chi connectivity index (χ4n) is 9.25. The molecule has 0 amide bonds. The molecule has 2 unspecified atom stereocenters. The highest BCUT2D eigenvalue weighted by atomic mass is 15.2. The van der Waals surface area contributed by atoms with E-state index < -0.39 is 6.04 Å². The van der Waals surface area contributed by atoms with E-state index in [1.165, 1.54) is 16.2 Å². The lowest BCUT2D eigenvalue weighted by molar-refractivity contribution is 0.400. The van der Waals surface area contributed by atoms with E-state index in [2.05, 4.69) is 228 Å². The summed E-state index contributed by atoms with van der Waals surface area (Å²) in [6.45, 7) is 4.09. The highest BCUT2D eigenvalue weighted by Crippen LogP contribution is 2.46. The first-order valence-corrected chi connectivity index (χ1v) is 21.4. The molecular formula is C57H48N6. The Bertz CT molecular complexity index is 3060. The van der Waals surface area contributed by atoms with Gasteiger partial charge in [-0.05, 0) is 102 Å². The molecular weight excluding hydrogens is 769 g/mol. The van der Waals surface area contributed by atoms with Crippen LogP contribution >= 0.6 is 0 Å². The van der Waals surface area contributed by atoms with Crippen molar-refractivity contribution in [1.82, 2.24) is 9.80 Å². The molecule has 8 aromatic carbocycles. The summed E-state index contributed by atoms with van der Waals surface area (Å²) in [6.07, 6.45) is 0.285. The summed E-state index contributed by atoms with van der Waals surface area (Å²) in [5.41, 5.74) is 12.5. The fraction of sp³-hybridized carbons (Fsp3) is 0.123. The number of nitrogens with zero attached hydrogens (tertiary/aromatic N) is 6. The normalized spacial score (nSPS) is 14.9. The van der Waals surface area contributed by atoms with Gasteiger partial charge in [-0.3, -0.25) is 0 Å². The molecule has 0 saturated carbocycles. The Hall–Kier alpha value is -8.06. The Labute approximate surface area is 370 Å². The van der Waals surface area contributed by atoms with E-state index in [0.717, 1.165) is 73.2 Å². The zero-order valence-electron chi connectivity index (χ0n) is 36.0. The monoisotopic (exact) mass is 816 g/mol. The molecule has 0 bridgehead atoms. The first-order valence-electron chi connectivity index (χ1n) is 21.4. The molecule has 2 atom stereocenters. The minimum atomic E-state index is -0.425. The third kappa shape index (κ3) is 7.54. The van der Waals surface area contributed by atoms with Crippen molar-refractivity contribution in [2.45, 2.75) is 32.4 Å². The number of hydrogen-bond acceptors (Lipinski definition) is 6. The highest BCUT2D eigenvalue weighted by molar-refractivity contribution is 6.00. The average Bonchev–Trinajstić information content (AvgIpc) is 3.57. The zero-order chi connectivity index (χ0) is 43.5.